The quantitative estimate of drug-likeness (QED) is 0.859. The summed E-state index contributed by atoms with van der Waals surface area (Å²) < 4.78 is 24.2. The number of carbonyl (C=O) groups excluding carboxylic acids is 1. The number of benzene rings is 1. The Morgan fingerprint density at radius 2 is 1.80 bits per heavy atom. The van der Waals surface area contributed by atoms with E-state index in [9.17, 15) is 23.1 Å². The Labute approximate surface area is 148 Å². The van der Waals surface area contributed by atoms with Crippen LogP contribution in [0.15, 0.2) is 29.2 Å². The first-order chi connectivity index (χ1) is 11.6. The van der Waals surface area contributed by atoms with Gasteiger partial charge in [0.1, 0.15) is 0 Å². The Morgan fingerprint density at radius 3 is 2.32 bits per heavy atom. The van der Waals surface area contributed by atoms with Gasteiger partial charge < -0.3 is 10.0 Å². The number of piperidine rings is 1. The Kier molecular flexibility index (Phi) is 5.87. The number of hydrogen-bond acceptors (Lipinski definition) is 4. The van der Waals surface area contributed by atoms with Crippen LogP contribution in [0.5, 0.6) is 0 Å². The molecule has 1 heterocycles. The maximum Gasteiger partial charge on any atom is 0.308 e. The summed E-state index contributed by atoms with van der Waals surface area (Å²) in [6, 6.07) is 6.35. The molecule has 138 valence electrons. The molecule has 0 saturated carbocycles. The summed E-state index contributed by atoms with van der Waals surface area (Å²) in [7, 11) is -3.33. The van der Waals surface area contributed by atoms with Crippen molar-refractivity contribution in [1.29, 1.82) is 0 Å². The number of sulfone groups is 1. The molecule has 25 heavy (non-hydrogen) atoms. The van der Waals surface area contributed by atoms with E-state index in [1.807, 2.05) is 6.92 Å². The van der Waals surface area contributed by atoms with Gasteiger partial charge >= 0.3 is 5.97 Å². The molecular weight excluding hydrogens is 342 g/mol. The standard InChI is InChI=1S/C18H25NO5S/c1-12(2)25(23,24)16-6-4-14(5-7-16)9-17(20)19-10-13(3)8-15(11-19)18(21)22/h4-7,12-13,15H,8-11H2,1-3H3,(H,21,22). The van der Waals surface area contributed by atoms with Crippen molar-refractivity contribution in [3.63, 3.8) is 0 Å². The summed E-state index contributed by atoms with van der Waals surface area (Å²) in [6.45, 7) is 5.99. The number of amides is 1. The Bertz CT molecular complexity index is 739. The Hall–Kier alpha value is -1.89. The van der Waals surface area contributed by atoms with Crippen LogP contribution in [0.2, 0.25) is 0 Å². The average molecular weight is 367 g/mol. The van der Waals surface area contributed by atoms with Gasteiger partial charge in [0.25, 0.3) is 0 Å². The van der Waals surface area contributed by atoms with Crippen LogP contribution in [0, 0.1) is 11.8 Å². The highest BCUT2D eigenvalue weighted by Gasteiger charge is 2.31. The highest BCUT2D eigenvalue weighted by atomic mass is 32.2. The van der Waals surface area contributed by atoms with E-state index in [1.165, 1.54) is 12.1 Å². The van der Waals surface area contributed by atoms with E-state index in [2.05, 4.69) is 0 Å². The number of carboxylic acids is 1. The molecular formula is C18H25NO5S. The molecule has 7 heteroatoms. The fourth-order valence-electron chi connectivity index (χ4n) is 3.09. The summed E-state index contributed by atoms with van der Waals surface area (Å²) in [5.41, 5.74) is 0.720. The Balaban J connectivity index is 2.07. The van der Waals surface area contributed by atoms with E-state index in [0.29, 0.717) is 13.0 Å². The molecule has 1 saturated heterocycles. The number of hydrogen-bond donors (Lipinski definition) is 1. The van der Waals surface area contributed by atoms with Crippen LogP contribution in [0.3, 0.4) is 0 Å². The monoisotopic (exact) mass is 367 g/mol. The average Bonchev–Trinajstić information content (AvgIpc) is 2.54. The minimum absolute atomic E-state index is 0.128. The minimum atomic E-state index is -3.33. The van der Waals surface area contributed by atoms with E-state index in [4.69, 9.17) is 0 Å². The van der Waals surface area contributed by atoms with Gasteiger partial charge in [-0.1, -0.05) is 19.1 Å². The maximum absolute atomic E-state index is 12.5. The van der Waals surface area contributed by atoms with Crippen molar-refractivity contribution in [3.05, 3.63) is 29.8 Å². The zero-order chi connectivity index (χ0) is 18.8. The van der Waals surface area contributed by atoms with Crippen LogP contribution in [0.1, 0.15) is 32.8 Å². The normalized spacial score (nSPS) is 21.4. The lowest BCUT2D eigenvalue weighted by Gasteiger charge is -2.34. The van der Waals surface area contributed by atoms with Gasteiger partial charge in [0.05, 0.1) is 22.5 Å². The third-order valence-electron chi connectivity index (χ3n) is 4.59. The molecule has 0 aromatic heterocycles. The molecule has 0 spiro atoms. The third-order valence-corrected chi connectivity index (χ3v) is 6.76. The highest BCUT2D eigenvalue weighted by molar-refractivity contribution is 7.92. The molecule has 1 aliphatic heterocycles. The van der Waals surface area contributed by atoms with Crippen LogP contribution in [0.4, 0.5) is 0 Å². The van der Waals surface area contributed by atoms with Gasteiger partial charge in [0, 0.05) is 13.1 Å². The van der Waals surface area contributed by atoms with Gasteiger partial charge in [0.15, 0.2) is 9.84 Å². The van der Waals surface area contributed by atoms with Crippen molar-refractivity contribution in [2.45, 2.75) is 43.8 Å². The molecule has 0 bridgehead atoms. The molecule has 1 aromatic rings. The van der Waals surface area contributed by atoms with E-state index in [-0.39, 0.29) is 29.7 Å². The maximum atomic E-state index is 12.5. The summed E-state index contributed by atoms with van der Waals surface area (Å²) >= 11 is 0. The Morgan fingerprint density at radius 1 is 1.20 bits per heavy atom. The second kappa shape index (κ2) is 7.56. The van der Waals surface area contributed by atoms with Gasteiger partial charge in [0.2, 0.25) is 5.91 Å². The molecule has 1 aliphatic rings. The molecule has 2 atom stereocenters. The number of nitrogens with zero attached hydrogens (tertiary/aromatic N) is 1. The van der Waals surface area contributed by atoms with Crippen LogP contribution < -0.4 is 0 Å². The highest BCUT2D eigenvalue weighted by Crippen LogP contribution is 2.23. The first-order valence-electron chi connectivity index (χ1n) is 8.44. The first kappa shape index (κ1) is 19.4. The molecule has 1 N–H and O–H groups in total. The lowest BCUT2D eigenvalue weighted by atomic mass is 9.90. The molecule has 2 unspecified atom stereocenters. The fraction of sp³-hybridized carbons (Fsp3) is 0.556. The van der Waals surface area contributed by atoms with Crippen molar-refractivity contribution in [2.24, 2.45) is 11.8 Å². The van der Waals surface area contributed by atoms with E-state index < -0.39 is 27.0 Å². The van der Waals surface area contributed by atoms with E-state index >= 15 is 0 Å². The predicted molar refractivity (Wildman–Crippen MR) is 94.0 cm³/mol. The zero-order valence-electron chi connectivity index (χ0n) is 14.8. The summed E-state index contributed by atoms with van der Waals surface area (Å²) in [6.07, 6.45) is 0.724. The molecule has 1 fully saturated rings. The largest absolute Gasteiger partial charge is 0.481 e. The van der Waals surface area contributed by atoms with Crippen molar-refractivity contribution in [1.82, 2.24) is 4.90 Å². The molecule has 0 radical (unpaired) electrons. The number of carbonyl (C=O) groups is 2. The van der Waals surface area contributed by atoms with Crippen LogP contribution in [0.25, 0.3) is 0 Å². The van der Waals surface area contributed by atoms with Crippen molar-refractivity contribution >= 4 is 21.7 Å². The molecule has 2 rings (SSSR count). The smallest absolute Gasteiger partial charge is 0.308 e. The minimum Gasteiger partial charge on any atom is -0.481 e. The van der Waals surface area contributed by atoms with E-state index in [0.717, 1.165) is 5.56 Å². The second-order valence-corrected chi connectivity index (χ2v) is 9.59. The number of carboxylic acid groups (broad SMARTS) is 1. The second-order valence-electron chi connectivity index (χ2n) is 7.09. The number of rotatable bonds is 5. The first-order valence-corrected chi connectivity index (χ1v) is 9.99. The van der Waals surface area contributed by atoms with E-state index in [1.54, 1.807) is 30.9 Å². The number of likely N-dealkylation sites (tertiary alicyclic amines) is 1. The van der Waals surface area contributed by atoms with Crippen molar-refractivity contribution < 1.29 is 23.1 Å². The van der Waals surface area contributed by atoms with Crippen LogP contribution in [-0.4, -0.2) is 48.6 Å². The van der Waals surface area contributed by atoms with Gasteiger partial charge in [-0.2, -0.15) is 0 Å². The van der Waals surface area contributed by atoms with Crippen LogP contribution >= 0.6 is 0 Å². The van der Waals surface area contributed by atoms with Crippen LogP contribution in [-0.2, 0) is 25.8 Å². The molecule has 1 aromatic carbocycles. The van der Waals surface area contributed by atoms with Crippen molar-refractivity contribution in [3.8, 4) is 0 Å². The topological polar surface area (TPSA) is 91.8 Å². The summed E-state index contributed by atoms with van der Waals surface area (Å²) in [5, 5.41) is 8.70. The summed E-state index contributed by atoms with van der Waals surface area (Å²) in [4.78, 5) is 25.6. The molecule has 0 aliphatic carbocycles. The SMILES string of the molecule is CC1CC(C(=O)O)CN(C(=O)Cc2ccc(S(=O)(=O)C(C)C)cc2)C1. The lowest BCUT2D eigenvalue weighted by molar-refractivity contribution is -0.146. The fourth-order valence-corrected chi connectivity index (χ4v) is 4.15. The third kappa shape index (κ3) is 4.60. The van der Waals surface area contributed by atoms with Gasteiger partial charge in [-0.3, -0.25) is 9.59 Å². The van der Waals surface area contributed by atoms with Gasteiger partial charge in [-0.05, 0) is 43.9 Å². The van der Waals surface area contributed by atoms with Gasteiger partial charge in [-0.25, -0.2) is 8.42 Å². The van der Waals surface area contributed by atoms with Crippen molar-refractivity contribution in [2.75, 3.05) is 13.1 Å². The summed E-state index contributed by atoms with van der Waals surface area (Å²) in [5.74, 6) is -1.37. The zero-order valence-corrected chi connectivity index (χ0v) is 15.6. The predicted octanol–water partition coefficient (Wildman–Crippen LogP) is 1.98. The lowest BCUT2D eigenvalue weighted by Crippen LogP contribution is -2.46. The number of aliphatic carboxylic acids is 1. The van der Waals surface area contributed by atoms with Gasteiger partial charge in [-0.15, -0.1) is 0 Å². The molecule has 6 nitrogen and oxygen atoms in total. The molecule has 1 amide bonds.